The Morgan fingerprint density at radius 1 is 1.65 bits per heavy atom. The van der Waals surface area contributed by atoms with Crippen LogP contribution in [-0.2, 0) is 4.74 Å². The van der Waals surface area contributed by atoms with Crippen molar-refractivity contribution in [3.05, 3.63) is 21.3 Å². The summed E-state index contributed by atoms with van der Waals surface area (Å²) in [6.07, 6.45) is -0.349. The van der Waals surface area contributed by atoms with Crippen molar-refractivity contribution in [3.8, 4) is 0 Å². The Hall–Kier alpha value is -0.620. The molecule has 0 saturated carbocycles. The summed E-state index contributed by atoms with van der Waals surface area (Å²) >= 11 is 7.08. The monoisotopic (exact) mass is 275 g/mol. The molecule has 2 atom stereocenters. The van der Waals surface area contributed by atoms with Gasteiger partial charge in [-0.25, -0.2) is 0 Å². The lowest BCUT2D eigenvalue weighted by molar-refractivity contribution is -0.0857. The number of carbonyl (C=O) groups excluding carboxylic acids is 1. The molecule has 1 aromatic rings. The number of morpholine rings is 1. The molecule has 1 N–H and O–H groups in total. The van der Waals surface area contributed by atoms with Crippen LogP contribution in [-0.4, -0.2) is 47.8 Å². The van der Waals surface area contributed by atoms with Crippen LogP contribution in [0.15, 0.2) is 12.1 Å². The highest BCUT2D eigenvalue weighted by atomic mass is 35.5. The van der Waals surface area contributed by atoms with E-state index in [0.29, 0.717) is 22.3 Å². The van der Waals surface area contributed by atoms with Crippen LogP contribution in [0.5, 0.6) is 0 Å². The number of thiophene rings is 1. The van der Waals surface area contributed by atoms with Crippen molar-refractivity contribution in [2.75, 3.05) is 19.7 Å². The normalized spacial score (nSPS) is 25.0. The molecule has 1 saturated heterocycles. The van der Waals surface area contributed by atoms with Crippen LogP contribution in [0.3, 0.4) is 0 Å². The van der Waals surface area contributed by atoms with Crippen molar-refractivity contribution in [3.63, 3.8) is 0 Å². The second kappa shape index (κ2) is 5.35. The van der Waals surface area contributed by atoms with E-state index in [9.17, 15) is 4.79 Å². The predicted molar refractivity (Wildman–Crippen MR) is 66.7 cm³/mol. The molecule has 4 nitrogen and oxygen atoms in total. The maximum atomic E-state index is 12.2. The van der Waals surface area contributed by atoms with E-state index in [-0.39, 0.29) is 24.7 Å². The molecule has 1 aliphatic heterocycles. The van der Waals surface area contributed by atoms with Crippen molar-refractivity contribution < 1.29 is 14.6 Å². The van der Waals surface area contributed by atoms with Crippen LogP contribution in [0.4, 0.5) is 0 Å². The summed E-state index contributed by atoms with van der Waals surface area (Å²) in [5, 5.41) is 9.10. The summed E-state index contributed by atoms with van der Waals surface area (Å²) in [4.78, 5) is 14.5. The average Bonchev–Trinajstić information content (AvgIpc) is 2.74. The number of hydrogen-bond acceptors (Lipinski definition) is 4. The Kier molecular flexibility index (Phi) is 4.04. The van der Waals surface area contributed by atoms with Gasteiger partial charge in [-0.3, -0.25) is 4.79 Å². The van der Waals surface area contributed by atoms with Crippen LogP contribution in [0.2, 0.25) is 4.34 Å². The van der Waals surface area contributed by atoms with E-state index in [0.717, 1.165) is 0 Å². The highest BCUT2D eigenvalue weighted by Crippen LogP contribution is 2.24. The number of aliphatic hydroxyl groups excluding tert-OH is 1. The molecule has 2 heterocycles. The fraction of sp³-hybridized carbons (Fsp3) is 0.545. The second-order valence-electron chi connectivity index (χ2n) is 4.07. The van der Waals surface area contributed by atoms with Crippen LogP contribution in [0.25, 0.3) is 0 Å². The molecule has 0 aliphatic carbocycles. The van der Waals surface area contributed by atoms with E-state index in [1.54, 1.807) is 17.0 Å². The quantitative estimate of drug-likeness (QED) is 0.892. The van der Waals surface area contributed by atoms with Gasteiger partial charge in [0.2, 0.25) is 0 Å². The van der Waals surface area contributed by atoms with Gasteiger partial charge in [-0.2, -0.15) is 0 Å². The summed E-state index contributed by atoms with van der Waals surface area (Å²) in [5.74, 6) is -0.0458. The lowest BCUT2D eigenvalue weighted by Gasteiger charge is -2.35. The van der Waals surface area contributed by atoms with Gasteiger partial charge < -0.3 is 14.7 Å². The highest BCUT2D eigenvalue weighted by Gasteiger charge is 2.29. The first-order valence-corrected chi connectivity index (χ1v) is 6.60. The second-order valence-corrected chi connectivity index (χ2v) is 5.78. The molecule has 94 valence electrons. The molecule has 0 bridgehead atoms. The summed E-state index contributed by atoms with van der Waals surface area (Å²) in [5.41, 5.74) is 0. The Morgan fingerprint density at radius 3 is 3.00 bits per heavy atom. The molecule has 1 aromatic heterocycles. The molecule has 17 heavy (non-hydrogen) atoms. The predicted octanol–water partition coefficient (Wildman–Crippen LogP) is 1.62. The molecule has 6 heteroatoms. The van der Waals surface area contributed by atoms with Gasteiger partial charge in [-0.05, 0) is 19.1 Å². The molecular formula is C11H14ClNO3S. The Labute approximate surface area is 109 Å². The van der Waals surface area contributed by atoms with Gasteiger partial charge in [0.05, 0.1) is 28.0 Å². The van der Waals surface area contributed by atoms with Gasteiger partial charge in [-0.15, -0.1) is 11.3 Å². The third-order valence-corrected chi connectivity index (χ3v) is 3.82. The fourth-order valence-electron chi connectivity index (χ4n) is 1.90. The summed E-state index contributed by atoms with van der Waals surface area (Å²) in [7, 11) is 0. The first kappa shape index (κ1) is 12.8. The number of ether oxygens (including phenoxy) is 1. The minimum atomic E-state index is -0.293. The third kappa shape index (κ3) is 2.98. The van der Waals surface area contributed by atoms with E-state index in [4.69, 9.17) is 21.4 Å². The molecular weight excluding hydrogens is 262 g/mol. The lowest BCUT2D eigenvalue weighted by Crippen LogP contribution is -2.50. The average molecular weight is 276 g/mol. The van der Waals surface area contributed by atoms with E-state index in [2.05, 4.69) is 0 Å². The largest absolute Gasteiger partial charge is 0.394 e. The molecule has 1 aliphatic rings. The Balaban J connectivity index is 2.08. The first-order valence-electron chi connectivity index (χ1n) is 5.41. The number of carbonyl (C=O) groups is 1. The van der Waals surface area contributed by atoms with Crippen LogP contribution in [0, 0.1) is 0 Å². The third-order valence-electron chi connectivity index (χ3n) is 2.60. The number of nitrogens with zero attached hydrogens (tertiary/aromatic N) is 1. The SMILES string of the molecule is CC1CN(C(=O)c2ccc(Cl)s2)CC(CO)O1. The van der Waals surface area contributed by atoms with E-state index in [1.807, 2.05) is 6.92 Å². The zero-order chi connectivity index (χ0) is 12.4. The Morgan fingerprint density at radius 2 is 2.41 bits per heavy atom. The molecule has 1 amide bonds. The molecule has 2 rings (SSSR count). The number of hydrogen-bond donors (Lipinski definition) is 1. The van der Waals surface area contributed by atoms with Crippen LogP contribution < -0.4 is 0 Å². The van der Waals surface area contributed by atoms with Gasteiger partial charge in [0, 0.05) is 13.1 Å². The van der Waals surface area contributed by atoms with Gasteiger partial charge in [0.15, 0.2) is 0 Å². The zero-order valence-corrected chi connectivity index (χ0v) is 11.0. The van der Waals surface area contributed by atoms with Crippen molar-refractivity contribution in [2.24, 2.45) is 0 Å². The minimum Gasteiger partial charge on any atom is -0.394 e. The van der Waals surface area contributed by atoms with Gasteiger partial charge in [-0.1, -0.05) is 11.6 Å². The van der Waals surface area contributed by atoms with E-state index < -0.39 is 0 Å². The zero-order valence-electron chi connectivity index (χ0n) is 9.43. The Bertz CT molecular complexity index is 409. The van der Waals surface area contributed by atoms with E-state index >= 15 is 0 Å². The van der Waals surface area contributed by atoms with Crippen molar-refractivity contribution in [1.29, 1.82) is 0 Å². The van der Waals surface area contributed by atoms with Gasteiger partial charge in [0.1, 0.15) is 0 Å². The maximum absolute atomic E-state index is 12.2. The maximum Gasteiger partial charge on any atom is 0.264 e. The van der Waals surface area contributed by atoms with E-state index in [1.165, 1.54) is 11.3 Å². The molecule has 0 aromatic carbocycles. The number of aliphatic hydroxyl groups is 1. The summed E-state index contributed by atoms with van der Waals surface area (Å²) in [6.45, 7) is 2.79. The number of halogens is 1. The fourth-order valence-corrected chi connectivity index (χ4v) is 2.91. The van der Waals surface area contributed by atoms with Crippen molar-refractivity contribution in [1.82, 2.24) is 4.90 Å². The highest BCUT2D eigenvalue weighted by molar-refractivity contribution is 7.17. The number of amides is 1. The van der Waals surface area contributed by atoms with Crippen LogP contribution >= 0.6 is 22.9 Å². The molecule has 0 radical (unpaired) electrons. The minimum absolute atomic E-state index is 0.0458. The summed E-state index contributed by atoms with van der Waals surface area (Å²) < 4.78 is 6.10. The van der Waals surface area contributed by atoms with Crippen molar-refractivity contribution >= 4 is 28.8 Å². The molecule has 1 fully saturated rings. The summed E-state index contributed by atoms with van der Waals surface area (Å²) in [6, 6.07) is 3.44. The number of rotatable bonds is 2. The van der Waals surface area contributed by atoms with Crippen LogP contribution in [0.1, 0.15) is 16.6 Å². The smallest absolute Gasteiger partial charge is 0.264 e. The first-order chi connectivity index (χ1) is 8.10. The molecule has 2 unspecified atom stereocenters. The topological polar surface area (TPSA) is 49.8 Å². The molecule has 0 spiro atoms. The van der Waals surface area contributed by atoms with Gasteiger partial charge >= 0.3 is 0 Å². The van der Waals surface area contributed by atoms with Crippen molar-refractivity contribution in [2.45, 2.75) is 19.1 Å². The van der Waals surface area contributed by atoms with Gasteiger partial charge in [0.25, 0.3) is 5.91 Å². The standard InChI is InChI=1S/C11H14ClNO3S/c1-7-4-13(5-8(6-14)16-7)11(15)9-2-3-10(12)17-9/h2-3,7-8,14H,4-6H2,1H3. The lowest BCUT2D eigenvalue weighted by atomic mass is 10.2.